The number of halogens is 5. The summed E-state index contributed by atoms with van der Waals surface area (Å²) in [7, 11) is 1.40. The van der Waals surface area contributed by atoms with E-state index in [1.54, 1.807) is 34.7 Å². The number of thiocarbonyl (C=S) groups is 1. The van der Waals surface area contributed by atoms with Gasteiger partial charge in [-0.2, -0.15) is 13.2 Å². The number of hydrogen-bond acceptors (Lipinski definition) is 3. The minimum Gasteiger partial charge on any atom is -0.496 e. The SMILES string of the molecule is COc1ccc(Br)cc1C(=O)NC(=S)Nc1ccc(I)cc1C(F)(F)F. The summed E-state index contributed by atoms with van der Waals surface area (Å²) in [4.78, 5) is 12.4. The van der Waals surface area contributed by atoms with Gasteiger partial charge in [-0.1, -0.05) is 15.9 Å². The first-order valence-electron chi connectivity index (χ1n) is 6.94. The van der Waals surface area contributed by atoms with Gasteiger partial charge in [0, 0.05) is 8.04 Å². The molecule has 2 aromatic carbocycles. The maximum atomic E-state index is 13.2. The molecule has 2 rings (SSSR count). The molecule has 0 bridgehead atoms. The lowest BCUT2D eigenvalue weighted by Crippen LogP contribution is -2.35. The first-order valence-corrected chi connectivity index (χ1v) is 9.22. The molecule has 0 aliphatic carbocycles. The second-order valence-corrected chi connectivity index (χ2v) is 7.51. The highest BCUT2D eigenvalue weighted by Crippen LogP contribution is 2.35. The van der Waals surface area contributed by atoms with E-state index in [-0.39, 0.29) is 16.4 Å². The molecule has 0 aliphatic rings. The summed E-state index contributed by atoms with van der Waals surface area (Å²) in [6.07, 6.45) is -4.56. The van der Waals surface area contributed by atoms with Gasteiger partial charge in [-0.15, -0.1) is 0 Å². The third-order valence-corrected chi connectivity index (χ3v) is 4.54. The van der Waals surface area contributed by atoms with E-state index < -0.39 is 17.6 Å². The lowest BCUT2D eigenvalue weighted by atomic mass is 10.1. The summed E-state index contributed by atoms with van der Waals surface area (Å²) >= 11 is 10.0. The number of nitrogens with one attached hydrogen (secondary N) is 2. The number of ether oxygens (including phenoxy) is 1. The molecule has 0 heterocycles. The first-order chi connectivity index (χ1) is 12.1. The van der Waals surface area contributed by atoms with Crippen molar-refractivity contribution in [2.75, 3.05) is 12.4 Å². The molecule has 0 radical (unpaired) electrons. The summed E-state index contributed by atoms with van der Waals surface area (Å²) in [6, 6.07) is 8.53. The van der Waals surface area contributed by atoms with Crippen molar-refractivity contribution < 1.29 is 22.7 Å². The molecular formula is C16H11BrF3IN2O2S. The monoisotopic (exact) mass is 558 g/mol. The minimum absolute atomic E-state index is 0.185. The zero-order valence-corrected chi connectivity index (χ0v) is 17.6. The van der Waals surface area contributed by atoms with Crippen molar-refractivity contribution >= 4 is 67.4 Å². The number of rotatable bonds is 3. The number of anilines is 1. The van der Waals surface area contributed by atoms with Gasteiger partial charge in [0.25, 0.3) is 5.91 Å². The van der Waals surface area contributed by atoms with Crippen LogP contribution in [0.2, 0.25) is 0 Å². The molecule has 2 aromatic rings. The Labute approximate surface area is 174 Å². The van der Waals surface area contributed by atoms with Crippen molar-refractivity contribution in [1.29, 1.82) is 0 Å². The summed E-state index contributed by atoms with van der Waals surface area (Å²) in [5, 5.41) is 4.51. The first kappa shape index (κ1) is 20.9. The fourth-order valence-electron chi connectivity index (χ4n) is 2.04. The normalized spacial score (nSPS) is 11.0. The van der Waals surface area contributed by atoms with Crippen molar-refractivity contribution in [3.63, 3.8) is 0 Å². The number of benzene rings is 2. The Morgan fingerprint density at radius 1 is 1.23 bits per heavy atom. The molecule has 138 valence electrons. The zero-order valence-electron chi connectivity index (χ0n) is 13.1. The van der Waals surface area contributed by atoms with Crippen molar-refractivity contribution in [2.24, 2.45) is 0 Å². The Hall–Kier alpha value is -1.40. The van der Waals surface area contributed by atoms with Crippen LogP contribution in [-0.4, -0.2) is 18.1 Å². The average molecular weight is 559 g/mol. The van der Waals surface area contributed by atoms with Crippen LogP contribution in [0.5, 0.6) is 5.75 Å². The number of carbonyl (C=O) groups is 1. The van der Waals surface area contributed by atoms with Gasteiger partial charge in [-0.05, 0) is 71.2 Å². The van der Waals surface area contributed by atoms with Crippen LogP contribution in [0.15, 0.2) is 40.9 Å². The van der Waals surface area contributed by atoms with Gasteiger partial charge < -0.3 is 10.1 Å². The van der Waals surface area contributed by atoms with Gasteiger partial charge in [0.1, 0.15) is 5.75 Å². The Kier molecular flexibility index (Phi) is 6.86. The predicted molar refractivity (Wildman–Crippen MR) is 109 cm³/mol. The number of alkyl halides is 3. The standard InChI is InChI=1S/C16H11BrF3IN2O2S/c1-25-13-5-2-8(17)6-10(13)14(24)23-15(26)22-12-4-3-9(21)7-11(12)16(18,19)20/h2-7H,1H3,(H2,22,23,24,26). The number of amides is 1. The Morgan fingerprint density at radius 2 is 1.92 bits per heavy atom. The van der Waals surface area contributed by atoms with Gasteiger partial charge in [0.2, 0.25) is 0 Å². The lowest BCUT2D eigenvalue weighted by Gasteiger charge is -2.16. The maximum absolute atomic E-state index is 13.2. The third-order valence-electron chi connectivity index (χ3n) is 3.17. The molecular weight excluding hydrogens is 548 g/mol. The highest BCUT2D eigenvalue weighted by Gasteiger charge is 2.34. The molecule has 10 heteroatoms. The van der Waals surface area contributed by atoms with E-state index in [4.69, 9.17) is 17.0 Å². The molecule has 2 N–H and O–H groups in total. The van der Waals surface area contributed by atoms with Gasteiger partial charge in [0.15, 0.2) is 5.11 Å². The van der Waals surface area contributed by atoms with E-state index in [0.29, 0.717) is 13.8 Å². The predicted octanol–water partition coefficient (Wildman–Crippen LogP) is 5.21. The minimum atomic E-state index is -4.56. The average Bonchev–Trinajstić information content (AvgIpc) is 2.55. The smallest absolute Gasteiger partial charge is 0.418 e. The number of carbonyl (C=O) groups excluding carboxylic acids is 1. The number of hydrogen-bond donors (Lipinski definition) is 2. The summed E-state index contributed by atoms with van der Waals surface area (Å²) in [5.41, 5.74) is -0.935. The van der Waals surface area contributed by atoms with E-state index in [9.17, 15) is 18.0 Å². The van der Waals surface area contributed by atoms with E-state index in [1.807, 2.05) is 0 Å². The van der Waals surface area contributed by atoms with Gasteiger partial charge in [-0.25, -0.2) is 0 Å². The molecule has 0 unspecified atom stereocenters. The fourth-order valence-corrected chi connectivity index (χ4v) is 3.10. The van der Waals surface area contributed by atoms with E-state index >= 15 is 0 Å². The maximum Gasteiger partial charge on any atom is 0.418 e. The van der Waals surface area contributed by atoms with Crippen molar-refractivity contribution in [3.05, 3.63) is 55.6 Å². The van der Waals surface area contributed by atoms with Crippen LogP contribution in [0.25, 0.3) is 0 Å². The van der Waals surface area contributed by atoms with Crippen LogP contribution >= 0.6 is 50.7 Å². The van der Waals surface area contributed by atoms with Crippen LogP contribution in [0.4, 0.5) is 18.9 Å². The second kappa shape index (κ2) is 8.53. The fraction of sp³-hybridized carbons (Fsp3) is 0.125. The van der Waals surface area contributed by atoms with Crippen LogP contribution < -0.4 is 15.4 Å². The third kappa shape index (κ3) is 5.30. The number of methoxy groups -OCH3 is 1. The quantitative estimate of drug-likeness (QED) is 0.401. The topological polar surface area (TPSA) is 50.4 Å². The van der Waals surface area contributed by atoms with Gasteiger partial charge >= 0.3 is 6.18 Å². The van der Waals surface area contributed by atoms with Crippen LogP contribution in [-0.2, 0) is 6.18 Å². The molecule has 0 saturated carbocycles. The van der Waals surface area contributed by atoms with Crippen molar-refractivity contribution in [3.8, 4) is 5.75 Å². The van der Waals surface area contributed by atoms with Gasteiger partial charge in [0.05, 0.1) is 23.9 Å². The van der Waals surface area contributed by atoms with Crippen molar-refractivity contribution in [1.82, 2.24) is 5.32 Å². The summed E-state index contributed by atoms with van der Waals surface area (Å²) in [6.45, 7) is 0. The zero-order chi connectivity index (χ0) is 19.5. The van der Waals surface area contributed by atoms with E-state index in [1.165, 1.54) is 25.3 Å². The van der Waals surface area contributed by atoms with E-state index in [2.05, 4.69) is 26.6 Å². The Balaban J connectivity index is 2.20. The van der Waals surface area contributed by atoms with Gasteiger partial charge in [-0.3, -0.25) is 10.1 Å². The molecule has 0 fully saturated rings. The molecule has 0 aromatic heterocycles. The molecule has 26 heavy (non-hydrogen) atoms. The summed E-state index contributed by atoms with van der Waals surface area (Å²) < 4.78 is 45.6. The second-order valence-electron chi connectivity index (χ2n) is 4.94. The Bertz CT molecular complexity index is 862. The molecule has 1 amide bonds. The van der Waals surface area contributed by atoms with Crippen LogP contribution in [0.1, 0.15) is 15.9 Å². The molecule has 0 aliphatic heterocycles. The highest BCUT2D eigenvalue weighted by atomic mass is 127. The highest BCUT2D eigenvalue weighted by molar-refractivity contribution is 14.1. The molecule has 0 spiro atoms. The lowest BCUT2D eigenvalue weighted by molar-refractivity contribution is -0.137. The van der Waals surface area contributed by atoms with E-state index in [0.717, 1.165) is 6.07 Å². The molecule has 0 atom stereocenters. The van der Waals surface area contributed by atoms with Crippen LogP contribution in [0.3, 0.4) is 0 Å². The molecule has 4 nitrogen and oxygen atoms in total. The van der Waals surface area contributed by atoms with Crippen LogP contribution in [0, 0.1) is 3.57 Å². The Morgan fingerprint density at radius 3 is 2.54 bits per heavy atom. The largest absolute Gasteiger partial charge is 0.496 e. The molecule has 0 saturated heterocycles. The van der Waals surface area contributed by atoms with Crippen molar-refractivity contribution in [2.45, 2.75) is 6.18 Å². The summed E-state index contributed by atoms with van der Waals surface area (Å²) in [5.74, 6) is -0.307.